The molecule has 0 heterocycles. The average molecular weight is 402 g/mol. The van der Waals surface area contributed by atoms with Crippen molar-refractivity contribution in [1.82, 2.24) is 0 Å². The van der Waals surface area contributed by atoms with Gasteiger partial charge in [0.25, 0.3) is 0 Å². The first kappa shape index (κ1) is 19.1. The van der Waals surface area contributed by atoms with Gasteiger partial charge >= 0.3 is 5.97 Å². The molecule has 0 aromatic heterocycles. The molecule has 6 heteroatoms. The first-order valence-corrected chi connectivity index (χ1v) is 9.00. The van der Waals surface area contributed by atoms with Gasteiger partial charge in [-0.15, -0.1) is 0 Å². The van der Waals surface area contributed by atoms with Crippen LogP contribution < -0.4 is 10.1 Å². The van der Waals surface area contributed by atoms with E-state index in [0.29, 0.717) is 23.9 Å². The van der Waals surface area contributed by atoms with Gasteiger partial charge in [-0.05, 0) is 41.5 Å². The fourth-order valence-electron chi connectivity index (χ4n) is 2.51. The number of aromatic carboxylic acids is 1. The van der Waals surface area contributed by atoms with E-state index in [1.54, 1.807) is 12.1 Å². The maximum absolute atomic E-state index is 11.0. The molecule has 3 aromatic carbocycles. The van der Waals surface area contributed by atoms with Crippen molar-refractivity contribution in [3.8, 4) is 5.75 Å². The third-order valence-corrected chi connectivity index (χ3v) is 4.54. The molecule has 2 N–H and O–H groups in total. The molecule has 0 aliphatic carbocycles. The van der Waals surface area contributed by atoms with Crippen molar-refractivity contribution in [2.75, 3.05) is 5.32 Å². The number of ether oxygens (including phenoxy) is 1. The van der Waals surface area contributed by atoms with Crippen molar-refractivity contribution in [3.05, 3.63) is 93.5 Å². The topological polar surface area (TPSA) is 58.6 Å². The maximum atomic E-state index is 11.0. The minimum atomic E-state index is -1.05. The third-order valence-electron chi connectivity index (χ3n) is 3.93. The number of benzene rings is 3. The zero-order chi connectivity index (χ0) is 19.2. The molecule has 138 valence electrons. The Kier molecular flexibility index (Phi) is 6.22. The molecule has 0 saturated carbocycles. The van der Waals surface area contributed by atoms with Gasteiger partial charge in [0, 0.05) is 12.2 Å². The first-order valence-electron chi connectivity index (χ1n) is 8.25. The fourth-order valence-corrected chi connectivity index (χ4v) is 3.03. The number of carbonyl (C=O) groups is 1. The molecule has 0 aliphatic rings. The number of hydrogen-bond donors (Lipinski definition) is 2. The Balaban J connectivity index is 1.60. The quantitative estimate of drug-likeness (QED) is 0.518. The highest BCUT2D eigenvalue weighted by Gasteiger charge is 2.09. The van der Waals surface area contributed by atoms with Crippen molar-refractivity contribution >= 4 is 34.9 Å². The summed E-state index contributed by atoms with van der Waals surface area (Å²) in [5.74, 6) is -0.428. The number of halogens is 2. The van der Waals surface area contributed by atoms with Crippen LogP contribution >= 0.6 is 23.2 Å². The van der Waals surface area contributed by atoms with Crippen molar-refractivity contribution in [1.29, 1.82) is 0 Å². The van der Waals surface area contributed by atoms with E-state index >= 15 is 0 Å². The van der Waals surface area contributed by atoms with Gasteiger partial charge < -0.3 is 15.2 Å². The normalized spacial score (nSPS) is 10.4. The summed E-state index contributed by atoms with van der Waals surface area (Å²) >= 11 is 12.3. The molecule has 0 saturated heterocycles. The molecule has 0 unspecified atom stereocenters. The van der Waals surface area contributed by atoms with Crippen LogP contribution in [0.15, 0.2) is 66.7 Å². The highest BCUT2D eigenvalue weighted by molar-refractivity contribution is 6.33. The zero-order valence-corrected chi connectivity index (χ0v) is 15.8. The van der Waals surface area contributed by atoms with E-state index in [1.165, 1.54) is 6.07 Å². The van der Waals surface area contributed by atoms with Gasteiger partial charge in [0.15, 0.2) is 0 Å². The van der Waals surface area contributed by atoms with Crippen LogP contribution in [0, 0.1) is 0 Å². The predicted molar refractivity (Wildman–Crippen MR) is 108 cm³/mol. The van der Waals surface area contributed by atoms with Crippen molar-refractivity contribution in [2.24, 2.45) is 0 Å². The smallest absolute Gasteiger partial charge is 0.337 e. The molecule has 0 aliphatic heterocycles. The molecule has 3 aromatic rings. The lowest BCUT2D eigenvalue weighted by Gasteiger charge is -2.11. The van der Waals surface area contributed by atoms with Gasteiger partial charge in [0.2, 0.25) is 0 Å². The van der Waals surface area contributed by atoms with Crippen LogP contribution in [0.1, 0.15) is 21.5 Å². The first-order chi connectivity index (χ1) is 13.0. The largest absolute Gasteiger partial charge is 0.487 e. The molecule has 0 fully saturated rings. The number of hydrogen-bond acceptors (Lipinski definition) is 3. The Morgan fingerprint density at radius 3 is 2.37 bits per heavy atom. The van der Waals surface area contributed by atoms with Crippen molar-refractivity contribution < 1.29 is 14.6 Å². The Morgan fingerprint density at radius 2 is 1.70 bits per heavy atom. The predicted octanol–water partition coefficient (Wildman–Crippen LogP) is 5.88. The lowest BCUT2D eigenvalue weighted by molar-refractivity contribution is 0.0697. The lowest BCUT2D eigenvalue weighted by Crippen LogP contribution is -2.02. The van der Waals surface area contributed by atoms with Crippen LogP contribution in [0.4, 0.5) is 5.69 Å². The summed E-state index contributed by atoms with van der Waals surface area (Å²) in [6.07, 6.45) is 0. The average Bonchev–Trinajstić information content (AvgIpc) is 2.66. The Hall–Kier alpha value is -2.69. The Bertz CT molecular complexity index is 945. The van der Waals surface area contributed by atoms with Crippen LogP contribution in [-0.4, -0.2) is 11.1 Å². The number of rotatable bonds is 7. The van der Waals surface area contributed by atoms with Crippen molar-refractivity contribution in [2.45, 2.75) is 13.2 Å². The van der Waals surface area contributed by atoms with Crippen molar-refractivity contribution in [3.63, 3.8) is 0 Å². The Morgan fingerprint density at radius 1 is 0.926 bits per heavy atom. The van der Waals surface area contributed by atoms with Crippen LogP contribution in [-0.2, 0) is 13.2 Å². The monoisotopic (exact) mass is 401 g/mol. The standard InChI is InChI=1S/C21H17Cl2NO3/c22-18-11-16(7-8-17(18)21(25)26)24-12-15-6-9-20(19(23)10-15)27-13-14-4-2-1-3-5-14/h1-11,24H,12-13H2,(H,25,26). The summed E-state index contributed by atoms with van der Waals surface area (Å²) in [4.78, 5) is 11.0. The van der Waals surface area contributed by atoms with E-state index in [4.69, 9.17) is 33.0 Å². The molecule has 4 nitrogen and oxygen atoms in total. The molecular weight excluding hydrogens is 385 g/mol. The highest BCUT2D eigenvalue weighted by atomic mass is 35.5. The van der Waals surface area contributed by atoms with Gasteiger partial charge in [-0.2, -0.15) is 0 Å². The van der Waals surface area contributed by atoms with Gasteiger partial charge in [-0.3, -0.25) is 0 Å². The summed E-state index contributed by atoms with van der Waals surface area (Å²) < 4.78 is 5.77. The minimum absolute atomic E-state index is 0.0742. The SMILES string of the molecule is O=C(O)c1ccc(NCc2ccc(OCc3ccccc3)c(Cl)c2)cc1Cl. The number of anilines is 1. The molecular formula is C21H17Cl2NO3. The number of carboxylic acids is 1. The second-order valence-corrected chi connectivity index (χ2v) is 6.71. The van der Waals surface area contributed by atoms with Crippen LogP contribution in [0.25, 0.3) is 0 Å². The maximum Gasteiger partial charge on any atom is 0.337 e. The fraction of sp³-hybridized carbons (Fsp3) is 0.0952. The summed E-state index contributed by atoms with van der Waals surface area (Å²) in [6.45, 7) is 0.966. The molecule has 0 bridgehead atoms. The summed E-state index contributed by atoms with van der Waals surface area (Å²) in [5.41, 5.74) is 2.84. The number of carboxylic acid groups (broad SMARTS) is 1. The summed E-state index contributed by atoms with van der Waals surface area (Å²) in [5, 5.41) is 12.9. The van der Waals surface area contributed by atoms with E-state index in [1.807, 2.05) is 48.5 Å². The van der Waals surface area contributed by atoms with Crippen LogP contribution in [0.2, 0.25) is 10.0 Å². The molecule has 0 amide bonds. The third kappa shape index (κ3) is 5.16. The van der Waals surface area contributed by atoms with E-state index in [0.717, 1.165) is 16.8 Å². The molecule has 27 heavy (non-hydrogen) atoms. The summed E-state index contributed by atoms with van der Waals surface area (Å²) in [6, 6.07) is 20.2. The van der Waals surface area contributed by atoms with Gasteiger partial charge in [-0.25, -0.2) is 4.79 Å². The number of nitrogens with one attached hydrogen (secondary N) is 1. The van der Waals surface area contributed by atoms with E-state index in [2.05, 4.69) is 5.32 Å². The van der Waals surface area contributed by atoms with Gasteiger partial charge in [-0.1, -0.05) is 59.6 Å². The van der Waals surface area contributed by atoms with E-state index in [-0.39, 0.29) is 10.6 Å². The highest BCUT2D eigenvalue weighted by Crippen LogP contribution is 2.27. The van der Waals surface area contributed by atoms with Crippen LogP contribution in [0.5, 0.6) is 5.75 Å². The second kappa shape index (κ2) is 8.80. The molecule has 3 rings (SSSR count). The minimum Gasteiger partial charge on any atom is -0.487 e. The second-order valence-electron chi connectivity index (χ2n) is 5.89. The lowest BCUT2D eigenvalue weighted by atomic mass is 10.2. The summed E-state index contributed by atoms with van der Waals surface area (Å²) in [7, 11) is 0. The van der Waals surface area contributed by atoms with E-state index in [9.17, 15) is 4.79 Å². The molecule has 0 spiro atoms. The van der Waals surface area contributed by atoms with Gasteiger partial charge in [0.05, 0.1) is 15.6 Å². The zero-order valence-electron chi connectivity index (χ0n) is 14.3. The molecule has 0 radical (unpaired) electrons. The van der Waals surface area contributed by atoms with Crippen LogP contribution in [0.3, 0.4) is 0 Å². The van der Waals surface area contributed by atoms with Gasteiger partial charge in [0.1, 0.15) is 12.4 Å². The molecule has 0 atom stereocenters. The van der Waals surface area contributed by atoms with E-state index < -0.39 is 5.97 Å². The Labute approximate surface area is 167 Å².